The number of hydrogen-bond donors (Lipinski definition) is 0. The maximum absolute atomic E-state index is 14.2. The van der Waals surface area contributed by atoms with Crippen molar-refractivity contribution in [3.05, 3.63) is 57.7 Å². The van der Waals surface area contributed by atoms with Crippen LogP contribution in [-0.2, 0) is 21.4 Å². The highest BCUT2D eigenvalue weighted by Gasteiger charge is 2.42. The minimum atomic E-state index is -3.86. The normalized spacial score (nSPS) is 16.6. The topological polar surface area (TPSA) is 88.4 Å². The van der Waals surface area contributed by atoms with Gasteiger partial charge in [0, 0.05) is 18.8 Å². The van der Waals surface area contributed by atoms with Gasteiger partial charge in [-0.15, -0.1) is 11.3 Å². The lowest BCUT2D eigenvalue weighted by atomic mass is 10.0. The van der Waals surface area contributed by atoms with Gasteiger partial charge in [0.25, 0.3) is 10.0 Å². The molecule has 1 aliphatic rings. The number of thiophene rings is 1. The van der Waals surface area contributed by atoms with Gasteiger partial charge in [-0.05, 0) is 62.4 Å². The molecule has 5 rings (SSSR count). The van der Waals surface area contributed by atoms with Crippen molar-refractivity contribution in [1.29, 1.82) is 0 Å². The van der Waals surface area contributed by atoms with Gasteiger partial charge in [-0.3, -0.25) is 14.4 Å². The molecule has 38 heavy (non-hydrogen) atoms. The molecule has 0 saturated carbocycles. The molecule has 1 saturated heterocycles. The minimum Gasteiger partial charge on any atom is -0.285 e. The average Bonchev–Trinajstić information content (AvgIpc) is 3.65. The maximum Gasteiger partial charge on any atom is 0.253 e. The Bertz CT molecular complexity index is 1590. The summed E-state index contributed by atoms with van der Waals surface area (Å²) in [5, 5.41) is 5.13. The predicted molar refractivity (Wildman–Crippen MR) is 154 cm³/mol. The van der Waals surface area contributed by atoms with Gasteiger partial charge >= 0.3 is 0 Å². The Morgan fingerprint density at radius 3 is 2.66 bits per heavy atom. The van der Waals surface area contributed by atoms with Gasteiger partial charge in [-0.25, -0.2) is 13.4 Å². The van der Waals surface area contributed by atoms with Gasteiger partial charge in [0.15, 0.2) is 5.13 Å². The third kappa shape index (κ3) is 5.14. The van der Waals surface area contributed by atoms with Crippen molar-refractivity contribution >= 4 is 65.6 Å². The summed E-state index contributed by atoms with van der Waals surface area (Å²) in [5.74, 6) is 0.0148. The van der Waals surface area contributed by atoms with E-state index in [1.807, 2.05) is 36.7 Å². The summed E-state index contributed by atoms with van der Waals surface area (Å²) in [5.41, 5.74) is 3.91. The summed E-state index contributed by atoms with van der Waals surface area (Å²) in [6.45, 7) is 9.25. The molecule has 0 spiro atoms. The van der Waals surface area contributed by atoms with E-state index in [1.165, 1.54) is 21.7 Å². The number of thiazole rings is 1. The zero-order valence-electron chi connectivity index (χ0n) is 21.7. The van der Waals surface area contributed by atoms with Gasteiger partial charge in [0.05, 0.1) is 26.8 Å². The van der Waals surface area contributed by atoms with Crippen LogP contribution in [0.15, 0.2) is 40.6 Å². The molecule has 202 valence electrons. The van der Waals surface area contributed by atoms with Crippen LogP contribution in [0.25, 0.3) is 10.2 Å². The second kappa shape index (κ2) is 10.7. The van der Waals surface area contributed by atoms with Gasteiger partial charge < -0.3 is 0 Å². The lowest BCUT2D eigenvalue weighted by molar-refractivity contribution is -0.121. The molecule has 1 amide bonds. The first-order valence-electron chi connectivity index (χ1n) is 12.6. The number of nitrogens with zero attached hydrogens (tertiary/aromatic N) is 5. The van der Waals surface area contributed by atoms with Crippen LogP contribution in [0, 0.1) is 13.8 Å². The van der Waals surface area contributed by atoms with Crippen LogP contribution in [0.2, 0.25) is 4.34 Å². The van der Waals surface area contributed by atoms with Crippen molar-refractivity contribution in [3.8, 4) is 0 Å². The molecule has 4 heterocycles. The lowest BCUT2D eigenvalue weighted by Gasteiger charge is -2.28. The quantitative estimate of drug-likeness (QED) is 0.257. The summed E-state index contributed by atoms with van der Waals surface area (Å²) in [6.07, 6.45) is 1.06. The number of halogens is 1. The summed E-state index contributed by atoms with van der Waals surface area (Å²) in [7, 11) is -3.86. The van der Waals surface area contributed by atoms with Crippen LogP contribution in [0.4, 0.5) is 5.13 Å². The van der Waals surface area contributed by atoms with Crippen LogP contribution in [-0.4, -0.2) is 52.5 Å². The van der Waals surface area contributed by atoms with Crippen molar-refractivity contribution < 1.29 is 13.2 Å². The molecule has 12 heteroatoms. The van der Waals surface area contributed by atoms with Crippen LogP contribution >= 0.6 is 34.3 Å². The number of anilines is 1. The largest absolute Gasteiger partial charge is 0.285 e. The predicted octanol–water partition coefficient (Wildman–Crippen LogP) is 5.83. The molecule has 1 atom stereocenters. The molecule has 1 aromatic carbocycles. The highest BCUT2D eigenvalue weighted by Crippen LogP contribution is 2.36. The van der Waals surface area contributed by atoms with Crippen molar-refractivity contribution in [2.75, 3.05) is 18.0 Å². The molecule has 0 radical (unpaired) electrons. The van der Waals surface area contributed by atoms with Gasteiger partial charge in [0.2, 0.25) is 5.91 Å². The number of amides is 1. The standard InChI is InChI=1S/C26H30ClN5O3S3/c1-16(2)19-7-5-9-21-24(19)28-26(36-21)30(13-14-31-18(4)15-17(3)29-31)25(33)20-8-6-12-32(20)38(34,35)23-11-10-22(27)37-23/h5,7,9-11,15-16,20H,6,8,12-14H2,1-4H3. The highest BCUT2D eigenvalue weighted by atomic mass is 35.5. The number of rotatable bonds is 8. The second-order valence-electron chi connectivity index (χ2n) is 9.82. The van der Waals surface area contributed by atoms with E-state index in [-0.39, 0.29) is 22.6 Å². The van der Waals surface area contributed by atoms with Crippen LogP contribution in [0.1, 0.15) is 49.6 Å². The Morgan fingerprint density at radius 2 is 2.00 bits per heavy atom. The van der Waals surface area contributed by atoms with E-state index in [1.54, 1.807) is 11.0 Å². The van der Waals surface area contributed by atoms with E-state index in [4.69, 9.17) is 16.6 Å². The number of hydrogen-bond acceptors (Lipinski definition) is 7. The second-order valence-corrected chi connectivity index (χ2v) is 14.7. The van der Waals surface area contributed by atoms with Gasteiger partial charge in [-0.1, -0.05) is 48.9 Å². The van der Waals surface area contributed by atoms with Crippen molar-refractivity contribution in [3.63, 3.8) is 0 Å². The van der Waals surface area contributed by atoms with E-state index >= 15 is 0 Å². The van der Waals surface area contributed by atoms with Crippen molar-refractivity contribution in [1.82, 2.24) is 19.1 Å². The molecule has 1 fully saturated rings. The number of sulfonamides is 1. The Balaban J connectivity index is 1.52. The first kappa shape index (κ1) is 27.3. The van der Waals surface area contributed by atoms with E-state index in [0.29, 0.717) is 35.4 Å². The summed E-state index contributed by atoms with van der Waals surface area (Å²) in [6, 6.07) is 10.4. The van der Waals surface area contributed by atoms with E-state index in [0.717, 1.165) is 38.5 Å². The fourth-order valence-electron chi connectivity index (χ4n) is 4.94. The van der Waals surface area contributed by atoms with Crippen LogP contribution in [0.3, 0.4) is 0 Å². The number of aryl methyl sites for hydroxylation is 2. The average molecular weight is 592 g/mol. The first-order chi connectivity index (χ1) is 18.1. The molecule has 3 aromatic heterocycles. The Hall–Kier alpha value is -2.31. The molecule has 1 unspecified atom stereocenters. The summed E-state index contributed by atoms with van der Waals surface area (Å²) in [4.78, 5) is 20.8. The molecule has 0 N–H and O–H groups in total. The molecule has 4 aromatic rings. The minimum absolute atomic E-state index is 0.151. The van der Waals surface area contributed by atoms with Crippen molar-refractivity contribution in [2.45, 2.75) is 63.3 Å². The van der Waals surface area contributed by atoms with Crippen LogP contribution in [0.5, 0.6) is 0 Å². The molecule has 0 aliphatic carbocycles. The lowest BCUT2D eigenvalue weighted by Crippen LogP contribution is -2.48. The highest BCUT2D eigenvalue weighted by molar-refractivity contribution is 7.91. The number of carbonyl (C=O) groups excluding carboxylic acids is 1. The molecular formula is C26H30ClN5O3S3. The SMILES string of the molecule is Cc1cc(C)n(CCN(C(=O)C2CCCN2S(=O)(=O)c2ccc(Cl)s2)c2nc3c(C(C)C)cccc3s2)n1. The number of fused-ring (bicyclic) bond motifs is 1. The smallest absolute Gasteiger partial charge is 0.253 e. The van der Waals surface area contributed by atoms with E-state index in [2.05, 4.69) is 25.0 Å². The molecule has 8 nitrogen and oxygen atoms in total. The Kier molecular flexibility index (Phi) is 7.67. The van der Waals surface area contributed by atoms with Gasteiger partial charge in [-0.2, -0.15) is 9.40 Å². The van der Waals surface area contributed by atoms with E-state index in [9.17, 15) is 13.2 Å². The monoisotopic (exact) mass is 591 g/mol. The number of aromatic nitrogens is 3. The maximum atomic E-state index is 14.2. The molecule has 1 aliphatic heterocycles. The van der Waals surface area contributed by atoms with Crippen LogP contribution < -0.4 is 4.90 Å². The fraction of sp³-hybridized carbons (Fsp3) is 0.423. The number of para-hydroxylation sites is 1. The third-order valence-electron chi connectivity index (χ3n) is 6.80. The zero-order valence-corrected chi connectivity index (χ0v) is 24.9. The Labute approximate surface area is 235 Å². The zero-order chi connectivity index (χ0) is 27.2. The Morgan fingerprint density at radius 1 is 1.21 bits per heavy atom. The summed E-state index contributed by atoms with van der Waals surface area (Å²) < 4.78 is 31.7. The number of carbonyl (C=O) groups is 1. The fourth-order valence-corrected chi connectivity index (χ4v) is 9.24. The van der Waals surface area contributed by atoms with Crippen molar-refractivity contribution in [2.24, 2.45) is 0 Å². The molecule has 0 bridgehead atoms. The number of benzene rings is 1. The van der Waals surface area contributed by atoms with E-state index < -0.39 is 16.1 Å². The third-order valence-corrected chi connectivity index (χ3v) is 11.4. The first-order valence-corrected chi connectivity index (χ1v) is 16.0. The summed E-state index contributed by atoms with van der Waals surface area (Å²) >= 11 is 8.50. The van der Waals surface area contributed by atoms with Gasteiger partial charge in [0.1, 0.15) is 10.3 Å². The molecular weight excluding hydrogens is 562 g/mol.